The Balaban J connectivity index is 2.07. The smallest absolute Gasteiger partial charge is 0.128 e. The van der Waals surface area contributed by atoms with Gasteiger partial charge in [0.05, 0.1) is 19.3 Å². The topological polar surface area (TPSA) is 61.7 Å². The van der Waals surface area contributed by atoms with Crippen LogP contribution in [0.1, 0.15) is 18.4 Å². The van der Waals surface area contributed by atoms with Crippen molar-refractivity contribution in [3.05, 3.63) is 35.6 Å². The van der Waals surface area contributed by atoms with E-state index >= 15 is 0 Å². The van der Waals surface area contributed by atoms with E-state index in [4.69, 9.17) is 9.84 Å². The van der Waals surface area contributed by atoms with Crippen LogP contribution in [-0.2, 0) is 11.3 Å². The second-order valence-corrected chi connectivity index (χ2v) is 4.40. The van der Waals surface area contributed by atoms with Gasteiger partial charge in [0.1, 0.15) is 5.82 Å². The van der Waals surface area contributed by atoms with Crippen molar-refractivity contribution < 1.29 is 19.3 Å². The van der Waals surface area contributed by atoms with Crippen LogP contribution in [0.3, 0.4) is 0 Å². The maximum Gasteiger partial charge on any atom is 0.128 e. The van der Waals surface area contributed by atoms with Gasteiger partial charge in [0.15, 0.2) is 0 Å². The predicted molar refractivity (Wildman–Crippen MR) is 71.3 cm³/mol. The fourth-order valence-electron chi connectivity index (χ4n) is 1.61. The summed E-state index contributed by atoms with van der Waals surface area (Å²) in [7, 11) is 0. The molecule has 0 saturated carbocycles. The maximum absolute atomic E-state index is 13.3. The molecule has 0 aliphatic heterocycles. The van der Waals surface area contributed by atoms with Crippen LogP contribution in [0.25, 0.3) is 0 Å². The molecule has 1 aromatic rings. The number of hydrogen-bond acceptors (Lipinski definition) is 4. The van der Waals surface area contributed by atoms with Crippen LogP contribution < -0.4 is 5.32 Å². The highest BCUT2D eigenvalue weighted by molar-refractivity contribution is 5.16. The minimum atomic E-state index is -0.610. The third-order valence-electron chi connectivity index (χ3n) is 2.67. The van der Waals surface area contributed by atoms with Gasteiger partial charge in [-0.3, -0.25) is 0 Å². The lowest BCUT2D eigenvalue weighted by Gasteiger charge is -2.12. The van der Waals surface area contributed by atoms with Crippen LogP contribution >= 0.6 is 0 Å². The highest BCUT2D eigenvalue weighted by Gasteiger charge is 2.05. The van der Waals surface area contributed by atoms with Crippen molar-refractivity contribution in [3.8, 4) is 0 Å². The van der Waals surface area contributed by atoms with Crippen molar-refractivity contribution in [1.82, 2.24) is 5.32 Å². The van der Waals surface area contributed by atoms with Gasteiger partial charge in [0, 0.05) is 18.7 Å². The molecule has 0 saturated heterocycles. The quantitative estimate of drug-likeness (QED) is 0.557. The van der Waals surface area contributed by atoms with E-state index in [1.54, 1.807) is 18.2 Å². The first-order chi connectivity index (χ1) is 9.24. The van der Waals surface area contributed by atoms with Crippen molar-refractivity contribution in [1.29, 1.82) is 0 Å². The monoisotopic (exact) mass is 271 g/mol. The molecule has 0 heterocycles. The van der Waals surface area contributed by atoms with E-state index in [0.29, 0.717) is 12.1 Å². The molecule has 0 spiro atoms. The Hall–Kier alpha value is -1.01. The summed E-state index contributed by atoms with van der Waals surface area (Å²) in [6, 6.07) is 6.43. The molecule has 108 valence electrons. The number of nitrogens with one attached hydrogen (secondary N) is 1. The van der Waals surface area contributed by atoms with Crippen molar-refractivity contribution in [2.75, 3.05) is 26.3 Å². The highest BCUT2D eigenvalue weighted by Crippen LogP contribution is 2.07. The van der Waals surface area contributed by atoms with Gasteiger partial charge in [-0.1, -0.05) is 18.2 Å². The predicted octanol–water partition coefficient (Wildman–Crippen LogP) is 1.07. The van der Waals surface area contributed by atoms with Crippen molar-refractivity contribution in [2.24, 2.45) is 0 Å². The first kappa shape index (κ1) is 16.0. The number of ether oxygens (including phenoxy) is 1. The average Bonchev–Trinajstić information content (AvgIpc) is 2.41. The molecule has 3 N–H and O–H groups in total. The number of halogens is 1. The molecule has 0 fully saturated rings. The van der Waals surface area contributed by atoms with Crippen molar-refractivity contribution in [2.45, 2.75) is 25.6 Å². The van der Waals surface area contributed by atoms with Crippen LogP contribution in [0, 0.1) is 5.82 Å². The van der Waals surface area contributed by atoms with Crippen molar-refractivity contribution in [3.63, 3.8) is 0 Å². The molecule has 0 amide bonds. The molecule has 1 aromatic carbocycles. The Morgan fingerprint density at radius 3 is 2.79 bits per heavy atom. The zero-order valence-corrected chi connectivity index (χ0v) is 11.0. The van der Waals surface area contributed by atoms with E-state index in [1.807, 2.05) is 0 Å². The first-order valence-corrected chi connectivity index (χ1v) is 6.55. The number of aliphatic hydroxyl groups is 2. The van der Waals surface area contributed by atoms with Gasteiger partial charge in [-0.05, 0) is 25.5 Å². The Labute approximate surface area is 113 Å². The van der Waals surface area contributed by atoms with Crippen LogP contribution in [0.2, 0.25) is 0 Å². The molecular weight excluding hydrogens is 249 g/mol. The molecule has 0 aliphatic rings. The standard InChI is InChI=1S/C14H22FNO3/c15-14-6-2-1-5-12(14)10-19-11-13(18)9-16-7-3-4-8-17/h1-2,5-6,13,16-18H,3-4,7-11H2. The normalized spacial score (nSPS) is 12.6. The summed E-state index contributed by atoms with van der Waals surface area (Å²) < 4.78 is 18.5. The third-order valence-corrected chi connectivity index (χ3v) is 2.67. The molecule has 0 bridgehead atoms. The fourth-order valence-corrected chi connectivity index (χ4v) is 1.61. The Morgan fingerprint density at radius 2 is 2.05 bits per heavy atom. The second kappa shape index (κ2) is 9.86. The Bertz CT molecular complexity index is 349. The van der Waals surface area contributed by atoms with Crippen molar-refractivity contribution >= 4 is 0 Å². The molecule has 5 heteroatoms. The summed E-state index contributed by atoms with van der Waals surface area (Å²) in [5, 5.41) is 21.3. The zero-order chi connectivity index (χ0) is 13.9. The van der Waals surface area contributed by atoms with Gasteiger partial charge in [-0.25, -0.2) is 4.39 Å². The van der Waals surface area contributed by atoms with E-state index in [-0.39, 0.29) is 25.6 Å². The van der Waals surface area contributed by atoms with E-state index in [2.05, 4.69) is 5.32 Å². The van der Waals surface area contributed by atoms with Gasteiger partial charge in [0.25, 0.3) is 0 Å². The van der Waals surface area contributed by atoms with Crippen LogP contribution in [0.4, 0.5) is 4.39 Å². The molecule has 0 aliphatic carbocycles. The van der Waals surface area contributed by atoms with Crippen LogP contribution in [-0.4, -0.2) is 42.6 Å². The number of benzene rings is 1. The van der Waals surface area contributed by atoms with E-state index in [9.17, 15) is 9.50 Å². The van der Waals surface area contributed by atoms with Gasteiger partial charge in [-0.2, -0.15) is 0 Å². The minimum absolute atomic E-state index is 0.161. The second-order valence-electron chi connectivity index (χ2n) is 4.40. The molecule has 0 aromatic heterocycles. The van der Waals surface area contributed by atoms with Gasteiger partial charge in [-0.15, -0.1) is 0 Å². The van der Waals surface area contributed by atoms with Gasteiger partial charge < -0.3 is 20.3 Å². The lowest BCUT2D eigenvalue weighted by molar-refractivity contribution is 0.0279. The zero-order valence-electron chi connectivity index (χ0n) is 11.0. The first-order valence-electron chi connectivity index (χ1n) is 6.55. The lowest BCUT2D eigenvalue weighted by atomic mass is 10.2. The fraction of sp³-hybridized carbons (Fsp3) is 0.571. The summed E-state index contributed by atoms with van der Waals surface area (Å²) in [6.07, 6.45) is 1.02. The SMILES string of the molecule is OCCCCNCC(O)COCc1ccccc1F. The number of unbranched alkanes of at least 4 members (excludes halogenated alkanes) is 1. The minimum Gasteiger partial charge on any atom is -0.396 e. The highest BCUT2D eigenvalue weighted by atomic mass is 19.1. The van der Waals surface area contributed by atoms with Crippen LogP contribution in [0.15, 0.2) is 24.3 Å². The molecule has 4 nitrogen and oxygen atoms in total. The van der Waals surface area contributed by atoms with E-state index < -0.39 is 6.10 Å². The summed E-state index contributed by atoms with van der Waals surface area (Å²) >= 11 is 0. The van der Waals surface area contributed by atoms with E-state index in [0.717, 1.165) is 19.4 Å². The van der Waals surface area contributed by atoms with Gasteiger partial charge in [0.2, 0.25) is 0 Å². The lowest BCUT2D eigenvalue weighted by Crippen LogP contribution is -2.31. The Kier molecular flexibility index (Phi) is 8.33. The molecule has 0 radical (unpaired) electrons. The van der Waals surface area contributed by atoms with E-state index in [1.165, 1.54) is 6.07 Å². The molecular formula is C14H22FNO3. The summed E-state index contributed by atoms with van der Waals surface area (Å²) in [5.41, 5.74) is 0.491. The summed E-state index contributed by atoms with van der Waals surface area (Å²) in [6.45, 7) is 1.71. The number of hydrogen-bond donors (Lipinski definition) is 3. The molecule has 1 rings (SSSR count). The number of aliphatic hydroxyl groups excluding tert-OH is 2. The average molecular weight is 271 g/mol. The Morgan fingerprint density at radius 1 is 1.26 bits per heavy atom. The number of rotatable bonds is 10. The largest absolute Gasteiger partial charge is 0.396 e. The summed E-state index contributed by atoms with van der Waals surface area (Å²) in [5.74, 6) is -0.292. The van der Waals surface area contributed by atoms with Crippen LogP contribution in [0.5, 0.6) is 0 Å². The summed E-state index contributed by atoms with van der Waals surface area (Å²) in [4.78, 5) is 0. The molecule has 1 atom stereocenters. The molecule has 19 heavy (non-hydrogen) atoms. The van der Waals surface area contributed by atoms with Gasteiger partial charge >= 0.3 is 0 Å². The molecule has 1 unspecified atom stereocenters. The third kappa shape index (κ3) is 7.22. The maximum atomic E-state index is 13.3.